The third-order valence-corrected chi connectivity index (χ3v) is 0. The van der Waals surface area contributed by atoms with Gasteiger partial charge in [-0.3, -0.25) is 9.11 Å². The first-order valence-corrected chi connectivity index (χ1v) is 1.60. The van der Waals surface area contributed by atoms with Crippen molar-refractivity contribution in [2.24, 2.45) is 0 Å². The molecule has 0 rings (SSSR count). The largest absolute Gasteiger partial charge is 2.00 e. The minimum atomic E-state index is -2.61. The van der Waals surface area contributed by atoms with Crippen molar-refractivity contribution >= 4 is 57.5 Å². The predicted octanol–water partition coefficient (Wildman–Crippen LogP) is -1.46. The summed E-state index contributed by atoms with van der Waals surface area (Å²) in [6, 6.07) is 0. The summed E-state index contributed by atoms with van der Waals surface area (Å²) in [4.78, 5) is 0. The smallest absolute Gasteiger partial charge is 1.00 e. The number of hydrogen-bond acceptors (Lipinski definition) is 1. The van der Waals surface area contributed by atoms with Gasteiger partial charge < -0.3 is 11.2 Å². The molecule has 0 unspecified atom stereocenters. The van der Waals surface area contributed by atoms with Gasteiger partial charge in [0.2, 0.25) is 0 Å². The maximum absolute atomic E-state index is 8.67. The second kappa shape index (κ2) is 15.6. The van der Waals surface area contributed by atoms with Crippen LogP contribution in [0.2, 0.25) is 0 Å². The van der Waals surface area contributed by atoms with Gasteiger partial charge in [-0.05, 0) is 0 Å². The fourth-order valence-electron chi connectivity index (χ4n) is 0. The summed E-state index contributed by atoms with van der Waals surface area (Å²) in [5.41, 5.74) is 0. The summed E-state index contributed by atoms with van der Waals surface area (Å²) in [6.45, 7) is 0. The Morgan fingerprint density at radius 3 is 1.29 bits per heavy atom. The zero-order valence-corrected chi connectivity index (χ0v) is 7.27. The molecule has 0 bridgehead atoms. The first-order valence-electron chi connectivity index (χ1n) is 0.532. The minimum absolute atomic E-state index is 0. The van der Waals surface area contributed by atoms with Crippen LogP contribution in [0.25, 0.3) is 0 Å². The predicted molar refractivity (Wildman–Crippen MR) is 33.0 cm³/mol. The van der Waals surface area contributed by atoms with E-state index in [4.69, 9.17) is 13.3 Å². The Morgan fingerprint density at radius 2 is 1.29 bits per heavy atom. The Balaban J connectivity index is -0.00000000214. The quantitative estimate of drug-likeness (QED) is 0.329. The Morgan fingerprint density at radius 1 is 1.29 bits per heavy atom. The second-order valence-electron chi connectivity index (χ2n) is 0.231. The van der Waals surface area contributed by atoms with Crippen molar-refractivity contribution < 1.29 is 24.5 Å². The van der Waals surface area contributed by atoms with Crippen LogP contribution in [-0.4, -0.2) is 64.9 Å². The summed E-state index contributed by atoms with van der Waals surface area (Å²) < 4.78 is 22.8. The Hall–Kier alpha value is 1.56. The molecule has 7 heteroatoms. The summed E-state index contributed by atoms with van der Waals surface area (Å²) in [5.74, 6) is 0. The van der Waals surface area contributed by atoms with Crippen LogP contribution < -0.4 is 0 Å². The maximum atomic E-state index is 8.67. The van der Waals surface area contributed by atoms with E-state index in [1.54, 1.807) is 0 Å². The molecule has 0 aliphatic rings. The molecule has 4 nitrogen and oxygen atoms in total. The van der Waals surface area contributed by atoms with E-state index in [0.717, 1.165) is 0 Å². The van der Waals surface area contributed by atoms with Crippen molar-refractivity contribution in [2.75, 3.05) is 0 Å². The molecule has 42 valence electrons. The van der Waals surface area contributed by atoms with Crippen LogP contribution in [0.4, 0.5) is 0 Å². The van der Waals surface area contributed by atoms with Gasteiger partial charge in [0.05, 0.1) is 0 Å². The summed E-state index contributed by atoms with van der Waals surface area (Å²) in [5, 5.41) is 0. The van der Waals surface area contributed by atoms with Gasteiger partial charge in [0, 0.05) is 0 Å². The molecule has 4 N–H and O–H groups in total. The van der Waals surface area contributed by atoms with E-state index >= 15 is 0 Å². The van der Waals surface area contributed by atoms with Gasteiger partial charge in [-0.1, -0.05) is 0 Å². The normalized spacial score (nSPS) is 5.00. The van der Waals surface area contributed by atoms with Crippen LogP contribution in [0.1, 0.15) is 5.71 Å². The molecule has 0 radical (unpaired) electrons. The molecule has 0 amide bonds. The van der Waals surface area contributed by atoms with E-state index in [0.29, 0.717) is 0 Å². The van der Waals surface area contributed by atoms with Crippen molar-refractivity contribution in [1.29, 1.82) is 0 Å². The summed E-state index contributed by atoms with van der Waals surface area (Å²) in [7, 11) is 0. The van der Waals surface area contributed by atoms with Crippen LogP contribution in [-0.2, 0) is 11.4 Å². The molecule has 7 heavy (non-hydrogen) atoms. The van der Waals surface area contributed by atoms with E-state index in [1.165, 1.54) is 0 Å². The zero-order valence-electron chi connectivity index (χ0n) is 7.63. The van der Waals surface area contributed by atoms with Gasteiger partial charge in [0.25, 0.3) is 11.4 Å². The third-order valence-electron chi connectivity index (χ3n) is 0. The van der Waals surface area contributed by atoms with E-state index < -0.39 is 11.4 Å². The average molecular weight is 153 g/mol. The van der Waals surface area contributed by atoms with Gasteiger partial charge in [0.1, 0.15) is 0 Å². The molecule has 0 spiro atoms. The minimum Gasteiger partial charge on any atom is -1.00 e. The van der Waals surface area contributed by atoms with Gasteiger partial charge in [-0.25, -0.2) is 0 Å². The van der Waals surface area contributed by atoms with Crippen LogP contribution in [0, 0.1) is 0 Å². The van der Waals surface area contributed by atoms with Crippen molar-refractivity contribution in [3.05, 3.63) is 0 Å². The molecule has 0 fully saturated rings. The first kappa shape index (κ1) is 23.5. The van der Waals surface area contributed by atoms with E-state index in [-0.39, 0.29) is 57.3 Å². The molecule has 0 aliphatic heterocycles. The van der Waals surface area contributed by atoms with Crippen molar-refractivity contribution in [3.63, 3.8) is 0 Å². The van der Waals surface area contributed by atoms with Gasteiger partial charge in [-0.15, -0.1) is 0 Å². The molecular formula is H8Mg2O4S. The zero-order chi connectivity index (χ0) is 3.58. The van der Waals surface area contributed by atoms with Gasteiger partial charge in [-0.2, -0.15) is 4.21 Å². The van der Waals surface area contributed by atoms with Crippen molar-refractivity contribution in [1.82, 2.24) is 0 Å². The monoisotopic (exact) mass is 152 g/mol. The topological polar surface area (TPSA) is 89.0 Å². The first-order chi connectivity index (χ1) is 1.73. The molecule has 0 aromatic heterocycles. The number of rotatable bonds is 0. The Labute approximate surface area is 81.7 Å². The Kier molecular flexibility index (Phi) is 52.6. The fraction of sp³-hybridized carbons (Fsp3) is 0. The van der Waals surface area contributed by atoms with E-state index in [2.05, 4.69) is 0 Å². The van der Waals surface area contributed by atoms with Crippen LogP contribution in [0.5, 0.6) is 0 Å². The van der Waals surface area contributed by atoms with Crippen LogP contribution in [0.15, 0.2) is 0 Å². The molecule has 0 aromatic carbocycles. The molecule has 0 heterocycles. The molecule has 0 aromatic rings. The van der Waals surface area contributed by atoms with Crippen molar-refractivity contribution in [2.45, 2.75) is 0 Å². The molecule has 0 saturated heterocycles. The Bertz CT molecular complexity index is 43.1. The maximum Gasteiger partial charge on any atom is 2.00 e. The van der Waals surface area contributed by atoms with Crippen LogP contribution in [0.3, 0.4) is 0 Å². The summed E-state index contributed by atoms with van der Waals surface area (Å²) in [6.07, 6.45) is 0. The van der Waals surface area contributed by atoms with Crippen LogP contribution >= 0.6 is 0 Å². The molecular weight excluding hydrogens is 145 g/mol. The second-order valence-corrected chi connectivity index (χ2v) is 0.692. The molecule has 0 aliphatic carbocycles. The molecule has 0 atom stereocenters. The number of hydrogen-bond donors (Lipinski definition) is 2. The van der Waals surface area contributed by atoms with E-state index in [9.17, 15) is 0 Å². The van der Waals surface area contributed by atoms with Gasteiger partial charge in [0.15, 0.2) is 0 Å². The standard InChI is InChI=1S/2Mg.H2O3S.H2O.4H/c;;1-4(2)3;;;;;/h;;(H2,1,2,3);1H2;;;;/q2*+2;;;4*-1. The van der Waals surface area contributed by atoms with E-state index in [1.807, 2.05) is 0 Å². The average Bonchev–Trinajstić information content (AvgIpc) is 0.811. The summed E-state index contributed by atoms with van der Waals surface area (Å²) >= 11 is -2.61. The van der Waals surface area contributed by atoms with Crippen molar-refractivity contribution in [3.8, 4) is 0 Å². The third kappa shape index (κ3) is 95.8. The molecule has 0 saturated carbocycles. The SMILES string of the molecule is O.O=S(O)O.[H-].[H-].[H-].[H-].[Mg+2].[Mg+2]. The van der Waals surface area contributed by atoms with Gasteiger partial charge >= 0.3 is 46.1 Å². The fourth-order valence-corrected chi connectivity index (χ4v) is 0.